The molecule has 0 fully saturated rings. The highest BCUT2D eigenvalue weighted by molar-refractivity contribution is 7.92. The predicted molar refractivity (Wildman–Crippen MR) is 69.7 cm³/mol. The molecule has 0 radical (unpaired) electrons. The topological polar surface area (TPSA) is 88.0 Å². The Labute approximate surface area is 106 Å². The largest absolute Gasteiger partial charge is 0.411 e. The number of benzene rings is 1. The Morgan fingerprint density at radius 2 is 2.00 bits per heavy atom. The van der Waals surface area contributed by atoms with Crippen molar-refractivity contribution in [3.05, 3.63) is 29.8 Å². The van der Waals surface area contributed by atoms with E-state index in [0.717, 1.165) is 5.56 Å². The highest BCUT2D eigenvalue weighted by Gasteiger charge is 2.09. The minimum Gasteiger partial charge on any atom is -0.411 e. The van der Waals surface area contributed by atoms with Gasteiger partial charge in [0.25, 0.3) is 0 Å². The maximum atomic E-state index is 11.6. The average molecular weight is 272 g/mol. The van der Waals surface area contributed by atoms with Crippen molar-refractivity contribution in [3.8, 4) is 0 Å². The highest BCUT2D eigenvalue weighted by Crippen LogP contribution is 2.12. The number of nitrogens with zero attached hydrogens (tertiary/aromatic N) is 1. The first-order valence-corrected chi connectivity index (χ1v) is 6.92. The number of rotatable bonds is 6. The van der Waals surface area contributed by atoms with Gasteiger partial charge in [0, 0.05) is 12.8 Å². The molecule has 2 N–H and O–H groups in total. The first-order valence-electron chi connectivity index (χ1n) is 5.27. The van der Waals surface area contributed by atoms with Crippen molar-refractivity contribution < 1.29 is 18.4 Å². The first kappa shape index (κ1) is 14.5. The van der Waals surface area contributed by atoms with Crippen molar-refractivity contribution in [1.82, 2.24) is 0 Å². The van der Waals surface area contributed by atoms with Crippen LogP contribution in [0.25, 0.3) is 0 Å². The SMILES string of the molecule is COCCS(=O)(=O)Nc1ccc(C(C)=NO)cc1. The highest BCUT2D eigenvalue weighted by atomic mass is 32.2. The van der Waals surface area contributed by atoms with Gasteiger partial charge in [-0.15, -0.1) is 0 Å². The second kappa shape index (κ2) is 6.36. The summed E-state index contributed by atoms with van der Waals surface area (Å²) >= 11 is 0. The summed E-state index contributed by atoms with van der Waals surface area (Å²) < 4.78 is 30.3. The number of hydrogen-bond acceptors (Lipinski definition) is 5. The summed E-state index contributed by atoms with van der Waals surface area (Å²) in [6.07, 6.45) is 0. The molecular formula is C11H16N2O4S. The van der Waals surface area contributed by atoms with Crippen LogP contribution in [0.1, 0.15) is 12.5 Å². The Morgan fingerprint density at radius 3 is 2.50 bits per heavy atom. The summed E-state index contributed by atoms with van der Waals surface area (Å²) in [5.41, 5.74) is 1.64. The van der Waals surface area contributed by atoms with E-state index in [1.54, 1.807) is 31.2 Å². The van der Waals surface area contributed by atoms with Gasteiger partial charge in [-0.2, -0.15) is 0 Å². The number of oxime groups is 1. The van der Waals surface area contributed by atoms with Crippen LogP contribution in [0.3, 0.4) is 0 Å². The van der Waals surface area contributed by atoms with Crippen LogP contribution in [0.15, 0.2) is 29.4 Å². The molecule has 0 saturated heterocycles. The average Bonchev–Trinajstić information content (AvgIpc) is 2.36. The fourth-order valence-electron chi connectivity index (χ4n) is 1.26. The molecule has 0 spiro atoms. The molecule has 6 nitrogen and oxygen atoms in total. The molecule has 1 aromatic rings. The molecule has 100 valence electrons. The van der Waals surface area contributed by atoms with Gasteiger partial charge in [0.15, 0.2) is 0 Å². The standard InChI is InChI=1S/C11H16N2O4S/c1-9(12-14)10-3-5-11(6-4-10)13-18(15,16)8-7-17-2/h3-6,13-14H,7-8H2,1-2H3. The lowest BCUT2D eigenvalue weighted by Gasteiger charge is -2.08. The Kier molecular flexibility index (Phi) is 5.11. The van der Waals surface area contributed by atoms with Crippen LogP contribution in [0.2, 0.25) is 0 Å². The monoisotopic (exact) mass is 272 g/mol. The van der Waals surface area contributed by atoms with Crippen molar-refractivity contribution in [3.63, 3.8) is 0 Å². The molecule has 0 heterocycles. The number of nitrogens with one attached hydrogen (secondary N) is 1. The number of hydrogen-bond donors (Lipinski definition) is 2. The summed E-state index contributed by atoms with van der Waals surface area (Å²) in [4.78, 5) is 0. The van der Waals surface area contributed by atoms with E-state index < -0.39 is 10.0 Å². The Morgan fingerprint density at radius 1 is 1.39 bits per heavy atom. The third-order valence-electron chi connectivity index (χ3n) is 2.28. The normalized spacial score (nSPS) is 12.4. The summed E-state index contributed by atoms with van der Waals surface area (Å²) in [5, 5.41) is 11.7. The van der Waals surface area contributed by atoms with Crippen LogP contribution in [0, 0.1) is 0 Å². The van der Waals surface area contributed by atoms with Gasteiger partial charge in [0.2, 0.25) is 10.0 Å². The fraction of sp³-hybridized carbons (Fsp3) is 0.364. The number of anilines is 1. The third kappa shape index (κ3) is 4.34. The Bertz CT molecular complexity index is 508. The molecule has 18 heavy (non-hydrogen) atoms. The smallest absolute Gasteiger partial charge is 0.234 e. The van der Waals surface area contributed by atoms with Gasteiger partial charge >= 0.3 is 0 Å². The molecule has 1 aromatic carbocycles. The lowest BCUT2D eigenvalue weighted by atomic mass is 10.1. The van der Waals surface area contributed by atoms with E-state index in [1.165, 1.54) is 7.11 Å². The van der Waals surface area contributed by atoms with E-state index in [0.29, 0.717) is 11.4 Å². The van der Waals surface area contributed by atoms with Crippen molar-refractivity contribution in [2.75, 3.05) is 24.2 Å². The van der Waals surface area contributed by atoms with Gasteiger partial charge in [-0.1, -0.05) is 17.3 Å². The summed E-state index contributed by atoms with van der Waals surface area (Å²) in [6.45, 7) is 1.79. The van der Waals surface area contributed by atoms with E-state index in [4.69, 9.17) is 9.94 Å². The zero-order valence-corrected chi connectivity index (χ0v) is 11.1. The van der Waals surface area contributed by atoms with Crippen LogP contribution < -0.4 is 4.72 Å². The zero-order valence-electron chi connectivity index (χ0n) is 10.3. The molecular weight excluding hydrogens is 256 g/mol. The molecule has 0 bridgehead atoms. The fourth-order valence-corrected chi connectivity index (χ4v) is 2.24. The van der Waals surface area contributed by atoms with Gasteiger partial charge in [0.1, 0.15) is 0 Å². The van der Waals surface area contributed by atoms with Crippen LogP contribution in [0.5, 0.6) is 0 Å². The minimum absolute atomic E-state index is 0.0949. The molecule has 1 rings (SSSR count). The van der Waals surface area contributed by atoms with Crippen molar-refractivity contribution >= 4 is 21.4 Å². The van der Waals surface area contributed by atoms with E-state index in [1.807, 2.05) is 0 Å². The Hall–Kier alpha value is -1.60. The molecule has 0 atom stereocenters. The molecule has 0 amide bonds. The molecule has 0 aliphatic heterocycles. The quantitative estimate of drug-likeness (QED) is 0.464. The van der Waals surface area contributed by atoms with Gasteiger partial charge in [0.05, 0.1) is 18.1 Å². The van der Waals surface area contributed by atoms with Gasteiger partial charge in [-0.05, 0) is 24.6 Å². The lowest BCUT2D eigenvalue weighted by molar-refractivity contribution is 0.217. The van der Waals surface area contributed by atoms with Crippen molar-refractivity contribution in [2.24, 2.45) is 5.16 Å². The molecule has 7 heteroatoms. The van der Waals surface area contributed by atoms with Crippen molar-refractivity contribution in [2.45, 2.75) is 6.92 Å². The number of sulfonamides is 1. The maximum absolute atomic E-state index is 11.6. The van der Waals surface area contributed by atoms with E-state index in [-0.39, 0.29) is 12.4 Å². The van der Waals surface area contributed by atoms with Gasteiger partial charge < -0.3 is 9.94 Å². The van der Waals surface area contributed by atoms with Crippen LogP contribution in [-0.2, 0) is 14.8 Å². The van der Waals surface area contributed by atoms with E-state index in [9.17, 15) is 8.42 Å². The second-order valence-electron chi connectivity index (χ2n) is 3.68. The van der Waals surface area contributed by atoms with Crippen LogP contribution in [0.4, 0.5) is 5.69 Å². The van der Waals surface area contributed by atoms with Gasteiger partial charge in [-0.25, -0.2) is 8.42 Å². The minimum atomic E-state index is -3.39. The van der Waals surface area contributed by atoms with Gasteiger partial charge in [-0.3, -0.25) is 4.72 Å². The van der Waals surface area contributed by atoms with Crippen LogP contribution in [-0.4, -0.2) is 38.8 Å². The predicted octanol–water partition coefficient (Wildman–Crippen LogP) is 1.27. The first-order chi connectivity index (χ1) is 8.48. The molecule has 0 aliphatic rings. The summed E-state index contributed by atoms with van der Waals surface area (Å²) in [6, 6.07) is 6.55. The third-order valence-corrected chi connectivity index (χ3v) is 3.53. The zero-order chi connectivity index (χ0) is 13.6. The number of methoxy groups -OCH3 is 1. The van der Waals surface area contributed by atoms with E-state index >= 15 is 0 Å². The number of ether oxygens (including phenoxy) is 1. The van der Waals surface area contributed by atoms with Crippen molar-refractivity contribution in [1.29, 1.82) is 0 Å². The maximum Gasteiger partial charge on any atom is 0.234 e. The molecule has 0 unspecified atom stereocenters. The summed E-state index contributed by atoms with van der Waals surface area (Å²) in [5.74, 6) is -0.0949. The molecule has 0 aromatic heterocycles. The van der Waals surface area contributed by atoms with E-state index in [2.05, 4.69) is 9.88 Å². The summed E-state index contributed by atoms with van der Waals surface area (Å²) in [7, 11) is -1.94. The molecule has 0 aliphatic carbocycles. The Balaban J connectivity index is 2.75. The second-order valence-corrected chi connectivity index (χ2v) is 5.52. The lowest BCUT2D eigenvalue weighted by Crippen LogP contribution is -2.19. The van der Waals surface area contributed by atoms with Crippen LogP contribution >= 0.6 is 0 Å². The molecule has 0 saturated carbocycles.